The van der Waals surface area contributed by atoms with Crippen LogP contribution in [0.2, 0.25) is 0 Å². The number of thioether (sulfide) groups is 2. The summed E-state index contributed by atoms with van der Waals surface area (Å²) in [6.07, 6.45) is 0. The Bertz CT molecular complexity index is 405. The van der Waals surface area contributed by atoms with Gasteiger partial charge in [0.2, 0.25) is 0 Å². The van der Waals surface area contributed by atoms with Crippen molar-refractivity contribution in [3.8, 4) is 5.75 Å². The molecule has 1 aliphatic heterocycles. The van der Waals surface area contributed by atoms with Crippen LogP contribution in [0.3, 0.4) is 0 Å². The van der Waals surface area contributed by atoms with Crippen LogP contribution >= 0.6 is 23.5 Å². The summed E-state index contributed by atoms with van der Waals surface area (Å²) in [5.41, 5.74) is 0.799. The standard InChI is InChI=1S/C10H11NO3S2/c12-9-2-1-7(3-8(9)10(13)14)11-4-15-6-16-5-11/h1-3,12H,4-6H2,(H,13,14). The molecule has 0 atom stereocenters. The fourth-order valence-corrected chi connectivity index (χ4v) is 3.54. The average Bonchev–Trinajstić information content (AvgIpc) is 2.30. The molecule has 0 radical (unpaired) electrons. The van der Waals surface area contributed by atoms with Gasteiger partial charge in [-0.2, -0.15) is 0 Å². The first-order valence-electron chi connectivity index (χ1n) is 4.65. The molecule has 0 amide bonds. The number of benzene rings is 1. The van der Waals surface area contributed by atoms with Crippen molar-refractivity contribution in [2.75, 3.05) is 21.7 Å². The number of carboxylic acid groups (broad SMARTS) is 1. The van der Waals surface area contributed by atoms with Crippen LogP contribution in [0.4, 0.5) is 5.69 Å². The lowest BCUT2D eigenvalue weighted by Gasteiger charge is -2.28. The number of anilines is 1. The van der Waals surface area contributed by atoms with Gasteiger partial charge in [0.15, 0.2) is 0 Å². The second-order valence-corrected chi connectivity index (χ2v) is 5.61. The first kappa shape index (κ1) is 11.5. The second-order valence-electron chi connectivity index (χ2n) is 3.33. The number of hydrogen-bond donors (Lipinski definition) is 2. The molecule has 2 rings (SSSR count). The van der Waals surface area contributed by atoms with Gasteiger partial charge in [0, 0.05) is 10.8 Å². The van der Waals surface area contributed by atoms with Crippen molar-refractivity contribution in [2.24, 2.45) is 0 Å². The molecule has 6 heteroatoms. The van der Waals surface area contributed by atoms with Crippen LogP contribution in [0.5, 0.6) is 5.75 Å². The average molecular weight is 257 g/mol. The van der Waals surface area contributed by atoms with E-state index in [2.05, 4.69) is 4.90 Å². The molecule has 0 aromatic heterocycles. The normalized spacial score (nSPS) is 16.1. The molecule has 1 fully saturated rings. The van der Waals surface area contributed by atoms with Gasteiger partial charge in [-0.3, -0.25) is 0 Å². The molecule has 1 aliphatic rings. The third kappa shape index (κ3) is 2.38. The van der Waals surface area contributed by atoms with Crippen molar-refractivity contribution in [1.82, 2.24) is 0 Å². The zero-order valence-corrected chi connectivity index (χ0v) is 10.1. The molecule has 1 aromatic carbocycles. The van der Waals surface area contributed by atoms with Crippen molar-refractivity contribution in [3.63, 3.8) is 0 Å². The predicted octanol–water partition coefficient (Wildman–Crippen LogP) is 2.25. The van der Waals surface area contributed by atoms with E-state index in [1.807, 2.05) is 0 Å². The number of aromatic carboxylic acids is 1. The highest BCUT2D eigenvalue weighted by atomic mass is 32.2. The lowest BCUT2D eigenvalue weighted by Crippen LogP contribution is -2.25. The van der Waals surface area contributed by atoms with E-state index in [-0.39, 0.29) is 11.3 Å². The number of hydrogen-bond acceptors (Lipinski definition) is 5. The van der Waals surface area contributed by atoms with Gasteiger partial charge in [0.05, 0.1) is 11.8 Å². The molecule has 0 spiro atoms. The summed E-state index contributed by atoms with van der Waals surface area (Å²) < 4.78 is 0. The summed E-state index contributed by atoms with van der Waals surface area (Å²) in [6, 6.07) is 4.70. The van der Waals surface area contributed by atoms with E-state index in [0.29, 0.717) is 0 Å². The summed E-state index contributed by atoms with van der Waals surface area (Å²) in [7, 11) is 0. The van der Waals surface area contributed by atoms with E-state index < -0.39 is 5.97 Å². The maximum absolute atomic E-state index is 10.9. The first-order chi connectivity index (χ1) is 7.68. The van der Waals surface area contributed by atoms with Crippen LogP contribution in [-0.4, -0.2) is 33.0 Å². The molecule has 0 unspecified atom stereocenters. The Morgan fingerprint density at radius 1 is 1.31 bits per heavy atom. The zero-order valence-electron chi connectivity index (χ0n) is 8.42. The molecule has 86 valence electrons. The molecule has 1 saturated heterocycles. The predicted molar refractivity (Wildman–Crippen MR) is 67.3 cm³/mol. The smallest absolute Gasteiger partial charge is 0.339 e. The van der Waals surface area contributed by atoms with Gasteiger partial charge >= 0.3 is 5.97 Å². The van der Waals surface area contributed by atoms with Gasteiger partial charge in [-0.25, -0.2) is 4.79 Å². The maximum atomic E-state index is 10.9. The zero-order chi connectivity index (χ0) is 11.5. The van der Waals surface area contributed by atoms with Crippen molar-refractivity contribution in [2.45, 2.75) is 0 Å². The summed E-state index contributed by atoms with van der Waals surface area (Å²) >= 11 is 3.59. The molecule has 2 N–H and O–H groups in total. The molecule has 1 aromatic rings. The Kier molecular flexibility index (Phi) is 3.50. The topological polar surface area (TPSA) is 60.8 Å². The minimum atomic E-state index is -1.10. The summed E-state index contributed by atoms with van der Waals surface area (Å²) in [6.45, 7) is 0. The van der Waals surface area contributed by atoms with Crippen molar-refractivity contribution in [1.29, 1.82) is 0 Å². The summed E-state index contributed by atoms with van der Waals surface area (Å²) in [4.78, 5) is 13.0. The van der Waals surface area contributed by atoms with E-state index in [1.54, 1.807) is 29.6 Å². The van der Waals surface area contributed by atoms with E-state index in [9.17, 15) is 9.90 Å². The Morgan fingerprint density at radius 3 is 2.62 bits per heavy atom. The van der Waals surface area contributed by atoms with Crippen molar-refractivity contribution < 1.29 is 15.0 Å². The lowest BCUT2D eigenvalue weighted by molar-refractivity contribution is 0.0694. The van der Waals surface area contributed by atoms with Crippen LogP contribution in [-0.2, 0) is 0 Å². The summed E-state index contributed by atoms with van der Waals surface area (Å²) in [5.74, 6) is 0.429. The first-order valence-corrected chi connectivity index (χ1v) is 6.96. The third-order valence-corrected chi connectivity index (χ3v) is 4.56. The third-order valence-electron chi connectivity index (χ3n) is 2.24. The summed E-state index contributed by atoms with van der Waals surface area (Å²) in [5, 5.41) is 19.4. The molecule has 1 heterocycles. The number of carboxylic acids is 1. The van der Waals surface area contributed by atoms with Gasteiger partial charge in [0.25, 0.3) is 0 Å². The van der Waals surface area contributed by atoms with Crippen LogP contribution in [0, 0.1) is 0 Å². The monoisotopic (exact) mass is 257 g/mol. The lowest BCUT2D eigenvalue weighted by atomic mass is 10.1. The molecule has 0 saturated carbocycles. The van der Waals surface area contributed by atoms with Gasteiger partial charge < -0.3 is 15.1 Å². The second kappa shape index (κ2) is 4.88. The van der Waals surface area contributed by atoms with Gasteiger partial charge in [-0.1, -0.05) is 0 Å². The van der Waals surface area contributed by atoms with Gasteiger partial charge in [0.1, 0.15) is 11.3 Å². The highest BCUT2D eigenvalue weighted by Gasteiger charge is 2.15. The van der Waals surface area contributed by atoms with Crippen LogP contribution in [0.1, 0.15) is 10.4 Å². The molecular weight excluding hydrogens is 246 g/mol. The van der Waals surface area contributed by atoms with E-state index in [1.165, 1.54) is 12.1 Å². The van der Waals surface area contributed by atoms with Crippen LogP contribution in [0.15, 0.2) is 18.2 Å². The van der Waals surface area contributed by atoms with E-state index >= 15 is 0 Å². The number of aromatic hydroxyl groups is 1. The minimum absolute atomic E-state index is 0.0435. The molecular formula is C10H11NO3S2. The molecule has 0 aliphatic carbocycles. The highest BCUT2D eigenvalue weighted by Crippen LogP contribution is 2.30. The van der Waals surface area contributed by atoms with Crippen LogP contribution in [0.25, 0.3) is 0 Å². The van der Waals surface area contributed by atoms with Crippen molar-refractivity contribution in [3.05, 3.63) is 23.8 Å². The van der Waals surface area contributed by atoms with Gasteiger partial charge in [-0.05, 0) is 18.2 Å². The van der Waals surface area contributed by atoms with E-state index in [0.717, 1.165) is 22.5 Å². The molecule has 0 bridgehead atoms. The number of phenols is 1. The fourth-order valence-electron chi connectivity index (χ4n) is 1.43. The quantitative estimate of drug-likeness (QED) is 0.847. The Hall–Kier alpha value is -1.01. The number of nitrogens with zero attached hydrogens (tertiary/aromatic N) is 1. The maximum Gasteiger partial charge on any atom is 0.339 e. The fraction of sp³-hybridized carbons (Fsp3) is 0.300. The van der Waals surface area contributed by atoms with Gasteiger partial charge in [-0.15, -0.1) is 23.5 Å². The Balaban J connectivity index is 2.27. The Labute approximate surface area is 102 Å². The van der Waals surface area contributed by atoms with E-state index in [4.69, 9.17) is 5.11 Å². The largest absolute Gasteiger partial charge is 0.507 e. The van der Waals surface area contributed by atoms with Crippen molar-refractivity contribution >= 4 is 35.2 Å². The highest BCUT2D eigenvalue weighted by molar-refractivity contribution is 8.16. The van der Waals surface area contributed by atoms with Crippen LogP contribution < -0.4 is 4.90 Å². The molecule has 16 heavy (non-hydrogen) atoms. The minimum Gasteiger partial charge on any atom is -0.507 e. The number of carbonyl (C=O) groups is 1. The molecule has 4 nitrogen and oxygen atoms in total. The SMILES string of the molecule is O=C(O)c1cc(N2CSCSC2)ccc1O. The Morgan fingerprint density at radius 2 is 2.00 bits per heavy atom. The number of rotatable bonds is 2.